The largest absolute Gasteiger partial charge is 0.495 e. The van der Waals surface area contributed by atoms with E-state index in [4.69, 9.17) is 9.47 Å². The molecular weight excluding hydrogens is 710 g/mol. The first kappa shape index (κ1) is 43.9. The van der Waals surface area contributed by atoms with Crippen molar-refractivity contribution in [3.05, 3.63) is 12.7 Å². The molecule has 2 rings (SSSR count). The van der Waals surface area contributed by atoms with E-state index in [1.807, 2.05) is 0 Å². The highest BCUT2D eigenvalue weighted by Crippen LogP contribution is 2.41. The molecule has 0 unspecified atom stereocenters. The summed E-state index contributed by atoms with van der Waals surface area (Å²) in [4.78, 5) is 46.7. The fourth-order valence-electron chi connectivity index (χ4n) is 5.82. The summed E-state index contributed by atoms with van der Waals surface area (Å²) < 4.78 is 129. The van der Waals surface area contributed by atoms with Crippen molar-refractivity contribution >= 4 is 24.0 Å². The van der Waals surface area contributed by atoms with Gasteiger partial charge < -0.3 is 24.3 Å². The van der Waals surface area contributed by atoms with E-state index in [-0.39, 0.29) is 24.9 Å². The van der Waals surface area contributed by atoms with Gasteiger partial charge in [0.25, 0.3) is 0 Å². The van der Waals surface area contributed by atoms with E-state index in [0.717, 1.165) is 51.0 Å². The van der Waals surface area contributed by atoms with Gasteiger partial charge in [-0.05, 0) is 82.0 Å². The van der Waals surface area contributed by atoms with Crippen molar-refractivity contribution in [2.45, 2.75) is 127 Å². The molecule has 0 spiro atoms. The van der Waals surface area contributed by atoms with E-state index in [9.17, 15) is 54.3 Å². The summed E-state index contributed by atoms with van der Waals surface area (Å²) in [5.41, 5.74) is 0. The SMILES string of the molecule is C=CC(=O)OCOC(=O)CCCCCOC(=O)CC1CCC(CC2CCC(NC(=O)OCC(F)(F)OC(F)(F)OC(F)(F)C(C)(F)F)CC2)CC1. The smallest absolute Gasteiger partial charge is 0.466 e. The molecule has 0 radical (unpaired) electrons. The number of rotatable bonds is 21. The highest BCUT2D eigenvalue weighted by atomic mass is 19.3. The summed E-state index contributed by atoms with van der Waals surface area (Å²) in [5.74, 6) is -5.55. The van der Waals surface area contributed by atoms with E-state index < -0.39 is 68.8 Å². The molecule has 11 nitrogen and oxygen atoms in total. The van der Waals surface area contributed by atoms with Crippen LogP contribution in [0.4, 0.5) is 39.9 Å². The van der Waals surface area contributed by atoms with Crippen LogP contribution in [0.3, 0.4) is 0 Å². The second-order valence-electron chi connectivity index (χ2n) is 12.8. The number of hydrogen-bond donors (Lipinski definition) is 1. The van der Waals surface area contributed by atoms with E-state index in [0.29, 0.717) is 50.4 Å². The van der Waals surface area contributed by atoms with E-state index >= 15 is 0 Å². The number of alkyl halides is 8. The Bertz CT molecular complexity index is 1140. The lowest BCUT2D eigenvalue weighted by molar-refractivity contribution is -0.533. The lowest BCUT2D eigenvalue weighted by atomic mass is 9.74. The summed E-state index contributed by atoms with van der Waals surface area (Å²) in [6.45, 7) is 0.411. The molecule has 0 atom stereocenters. The second kappa shape index (κ2) is 20.1. The Morgan fingerprint density at radius 3 is 1.90 bits per heavy atom. The fraction of sp³-hybridized carbons (Fsp3) is 0.812. The highest BCUT2D eigenvalue weighted by molar-refractivity contribution is 5.81. The topological polar surface area (TPSA) is 136 Å². The van der Waals surface area contributed by atoms with Gasteiger partial charge in [0, 0.05) is 31.9 Å². The Balaban J connectivity index is 1.55. The molecule has 51 heavy (non-hydrogen) atoms. The summed E-state index contributed by atoms with van der Waals surface area (Å²) >= 11 is 0. The van der Waals surface area contributed by atoms with Crippen molar-refractivity contribution in [3.8, 4) is 0 Å². The Kier molecular flexibility index (Phi) is 17.3. The van der Waals surface area contributed by atoms with E-state index in [1.165, 1.54) is 0 Å². The molecule has 2 aliphatic rings. The molecule has 2 fully saturated rings. The molecule has 19 heteroatoms. The molecule has 0 aliphatic heterocycles. The van der Waals surface area contributed by atoms with Gasteiger partial charge in [0.1, 0.15) is 0 Å². The molecule has 0 aromatic carbocycles. The number of nitrogens with one attached hydrogen (secondary N) is 1. The van der Waals surface area contributed by atoms with Crippen molar-refractivity contribution in [1.82, 2.24) is 5.32 Å². The summed E-state index contributed by atoms with van der Waals surface area (Å²) in [6, 6.07) is -0.447. The van der Waals surface area contributed by atoms with Crippen LogP contribution in [0.5, 0.6) is 0 Å². The lowest BCUT2D eigenvalue weighted by Crippen LogP contribution is -2.49. The Morgan fingerprint density at radius 1 is 0.725 bits per heavy atom. The van der Waals surface area contributed by atoms with Gasteiger partial charge in [-0.1, -0.05) is 19.4 Å². The monoisotopic (exact) mass is 755 g/mol. The third-order valence-corrected chi connectivity index (χ3v) is 8.53. The quantitative estimate of drug-likeness (QED) is 0.0311. The Hall–Kier alpha value is -3.22. The molecule has 0 aromatic heterocycles. The van der Waals surface area contributed by atoms with Gasteiger partial charge in [0.05, 0.1) is 6.61 Å². The van der Waals surface area contributed by atoms with Crippen molar-refractivity contribution in [2.24, 2.45) is 17.8 Å². The third-order valence-electron chi connectivity index (χ3n) is 8.53. The summed E-state index contributed by atoms with van der Waals surface area (Å²) in [7, 11) is 0. The molecule has 2 saturated carbocycles. The van der Waals surface area contributed by atoms with Gasteiger partial charge in [0.2, 0.25) is 6.79 Å². The average Bonchev–Trinajstić information content (AvgIpc) is 3.02. The minimum Gasteiger partial charge on any atom is -0.466 e. The maximum absolute atomic E-state index is 13.7. The number of halogens is 8. The Labute approximate surface area is 290 Å². The predicted molar refractivity (Wildman–Crippen MR) is 159 cm³/mol. The number of esters is 3. The van der Waals surface area contributed by atoms with Gasteiger partial charge in [-0.25, -0.2) is 19.1 Å². The number of carbonyl (C=O) groups is 4. The Morgan fingerprint density at radius 2 is 1.31 bits per heavy atom. The molecule has 2 aliphatic carbocycles. The van der Waals surface area contributed by atoms with Crippen LogP contribution < -0.4 is 5.32 Å². The van der Waals surface area contributed by atoms with Gasteiger partial charge in [-0.3, -0.25) is 9.59 Å². The van der Waals surface area contributed by atoms with Crippen molar-refractivity contribution < 1.29 is 82.7 Å². The first-order valence-corrected chi connectivity index (χ1v) is 16.7. The van der Waals surface area contributed by atoms with Gasteiger partial charge in [-0.15, -0.1) is 8.78 Å². The highest BCUT2D eigenvalue weighted by Gasteiger charge is 2.62. The molecule has 0 heterocycles. The summed E-state index contributed by atoms with van der Waals surface area (Å²) in [6.07, 6.45) is -7.85. The standard InChI is InChI=1S/C32H45F8NO10/c1-3-25(42)48-20-49-26(43)7-5-4-6-16-46-27(44)18-23-10-8-21(9-11-23)17-22-12-14-24(15-13-22)41-28(45)47-19-30(35,36)50-32(39,40)51-31(37,38)29(2,33)34/h3,21-24H,1,4-20H2,2H3,(H,41,45). The van der Waals surface area contributed by atoms with Crippen LogP contribution in [0, 0.1) is 17.8 Å². The van der Waals surface area contributed by atoms with Crippen molar-refractivity contribution in [3.63, 3.8) is 0 Å². The predicted octanol–water partition coefficient (Wildman–Crippen LogP) is 7.62. The van der Waals surface area contributed by atoms with Gasteiger partial charge >= 0.3 is 48.4 Å². The fourth-order valence-corrected chi connectivity index (χ4v) is 5.82. The van der Waals surface area contributed by atoms with Crippen LogP contribution in [0.15, 0.2) is 12.7 Å². The van der Waals surface area contributed by atoms with Crippen LogP contribution in [0.25, 0.3) is 0 Å². The van der Waals surface area contributed by atoms with Crippen molar-refractivity contribution in [2.75, 3.05) is 20.0 Å². The third kappa shape index (κ3) is 17.7. The zero-order valence-electron chi connectivity index (χ0n) is 28.2. The maximum atomic E-state index is 13.7. The molecule has 294 valence electrons. The first-order valence-electron chi connectivity index (χ1n) is 16.7. The summed E-state index contributed by atoms with van der Waals surface area (Å²) in [5, 5.41) is 2.33. The van der Waals surface area contributed by atoms with Crippen LogP contribution in [0.1, 0.15) is 96.8 Å². The van der Waals surface area contributed by atoms with Crippen LogP contribution in [0.2, 0.25) is 0 Å². The molecule has 0 saturated heterocycles. The number of carbonyl (C=O) groups excluding carboxylic acids is 4. The number of alkyl carbamates (subject to hydrolysis) is 1. The van der Waals surface area contributed by atoms with Crippen LogP contribution >= 0.6 is 0 Å². The lowest BCUT2D eigenvalue weighted by Gasteiger charge is -2.34. The second-order valence-corrected chi connectivity index (χ2v) is 12.8. The van der Waals surface area contributed by atoms with Gasteiger partial charge in [0.15, 0.2) is 6.61 Å². The van der Waals surface area contributed by atoms with Crippen LogP contribution in [-0.4, -0.2) is 74.5 Å². The number of ether oxygens (including phenoxy) is 6. The minimum absolute atomic E-state index is 0.146. The molecular formula is C32H45F8NO10. The molecule has 0 bridgehead atoms. The first-order chi connectivity index (χ1) is 23.7. The van der Waals surface area contributed by atoms with Gasteiger partial charge in [-0.2, -0.15) is 26.3 Å². The maximum Gasteiger partial charge on any atom is 0.495 e. The average molecular weight is 756 g/mol. The molecule has 0 aromatic rings. The van der Waals surface area contributed by atoms with Crippen molar-refractivity contribution in [1.29, 1.82) is 0 Å². The van der Waals surface area contributed by atoms with E-state index in [2.05, 4.69) is 30.8 Å². The number of unbranched alkanes of at least 4 members (excludes halogenated alkanes) is 2. The van der Waals surface area contributed by atoms with Crippen LogP contribution in [-0.2, 0) is 42.8 Å². The normalized spacial score (nSPS) is 21.7. The number of amides is 1. The zero-order valence-corrected chi connectivity index (χ0v) is 28.2. The number of hydrogen-bond acceptors (Lipinski definition) is 10. The van der Waals surface area contributed by atoms with E-state index in [1.54, 1.807) is 0 Å². The molecule has 1 N–H and O–H groups in total. The molecule has 1 amide bonds. The zero-order chi connectivity index (χ0) is 38.3. The minimum atomic E-state index is -5.84.